The van der Waals surface area contributed by atoms with Crippen LogP contribution in [0.4, 0.5) is 13.2 Å². The van der Waals surface area contributed by atoms with Crippen LogP contribution in [-0.2, 0) is 22.4 Å². The van der Waals surface area contributed by atoms with Gasteiger partial charge in [0.15, 0.2) is 5.78 Å². The van der Waals surface area contributed by atoms with E-state index in [1.807, 2.05) is 36.4 Å². The molecule has 3 rings (SSSR count). The molecule has 0 atom stereocenters. The van der Waals surface area contributed by atoms with Crippen LogP contribution in [0.5, 0.6) is 0 Å². The van der Waals surface area contributed by atoms with E-state index in [2.05, 4.69) is 11.4 Å². The third-order valence-electron chi connectivity index (χ3n) is 4.91. The molecule has 1 amide bonds. The van der Waals surface area contributed by atoms with E-state index in [9.17, 15) is 22.8 Å². The van der Waals surface area contributed by atoms with Crippen molar-refractivity contribution < 1.29 is 32.7 Å². The van der Waals surface area contributed by atoms with Crippen LogP contribution in [0.15, 0.2) is 42.9 Å². The minimum absolute atomic E-state index is 0.0354. The van der Waals surface area contributed by atoms with E-state index in [1.165, 1.54) is 11.1 Å². The maximum atomic E-state index is 12.5. The van der Waals surface area contributed by atoms with Crippen LogP contribution in [0.1, 0.15) is 34.3 Å². The fraction of sp³-hybridized carbons (Fsp3) is 0.409. The van der Waals surface area contributed by atoms with Crippen molar-refractivity contribution in [3.05, 3.63) is 59.6 Å². The lowest BCUT2D eigenvalue weighted by atomic mass is 9.97. The molecule has 0 aromatic heterocycles. The number of carbonyl (C=O) groups excluding carboxylic acids is 2. The number of Topliss-reactive ketones (excluding diaryl/α,β-unsaturated/α-hetero) is 1. The number of aliphatic carboxylic acids is 1. The van der Waals surface area contributed by atoms with Gasteiger partial charge in [-0.3, -0.25) is 14.5 Å². The van der Waals surface area contributed by atoms with E-state index in [-0.39, 0.29) is 24.5 Å². The maximum absolute atomic E-state index is 12.5. The number of rotatable bonds is 4. The van der Waals surface area contributed by atoms with E-state index >= 15 is 0 Å². The summed E-state index contributed by atoms with van der Waals surface area (Å²) in [4.78, 5) is 37.2. The van der Waals surface area contributed by atoms with Gasteiger partial charge in [-0.05, 0) is 49.2 Å². The Balaban J connectivity index is 0.000000451. The zero-order chi connectivity index (χ0) is 23.7. The molecule has 0 aliphatic carbocycles. The summed E-state index contributed by atoms with van der Waals surface area (Å²) in [5.74, 6) is -2.78. The Hall–Kier alpha value is -3.14. The van der Waals surface area contributed by atoms with Crippen molar-refractivity contribution in [1.82, 2.24) is 15.1 Å². The second-order valence-electron chi connectivity index (χ2n) is 7.38. The van der Waals surface area contributed by atoms with E-state index in [0.717, 1.165) is 38.0 Å². The summed E-state index contributed by atoms with van der Waals surface area (Å²) in [6.45, 7) is 2.70. The van der Waals surface area contributed by atoms with Gasteiger partial charge in [0.05, 0.1) is 0 Å². The molecule has 0 bridgehead atoms. The topological polar surface area (TPSA) is 90.0 Å². The molecule has 32 heavy (non-hydrogen) atoms. The Morgan fingerprint density at radius 3 is 2.34 bits per heavy atom. The Labute approximate surface area is 184 Å². The van der Waals surface area contributed by atoms with Gasteiger partial charge in [0.1, 0.15) is 0 Å². The second-order valence-corrected chi connectivity index (χ2v) is 7.38. The van der Waals surface area contributed by atoms with Gasteiger partial charge in [-0.1, -0.05) is 12.1 Å². The first-order chi connectivity index (χ1) is 15.1. The van der Waals surface area contributed by atoms with Gasteiger partial charge in [-0.15, -0.1) is 0 Å². The molecule has 0 saturated heterocycles. The lowest BCUT2D eigenvalue weighted by molar-refractivity contribution is -0.192. The second kappa shape index (κ2) is 11.5. The number of nitrogens with one attached hydrogen (secondary N) is 1. The van der Waals surface area contributed by atoms with Crippen LogP contribution in [0.25, 0.3) is 0 Å². The Kier molecular flexibility index (Phi) is 9.01. The Morgan fingerprint density at radius 1 is 1.03 bits per heavy atom. The average Bonchev–Trinajstić information content (AvgIpc) is 3.11. The smallest absolute Gasteiger partial charge is 0.475 e. The van der Waals surface area contributed by atoms with Crippen LogP contribution >= 0.6 is 0 Å². The van der Waals surface area contributed by atoms with Gasteiger partial charge in [-0.2, -0.15) is 13.2 Å². The number of carboxylic acid groups (broad SMARTS) is 1. The highest BCUT2D eigenvalue weighted by Crippen LogP contribution is 2.17. The summed E-state index contributed by atoms with van der Waals surface area (Å²) in [6.07, 6.45) is 4.63. The van der Waals surface area contributed by atoms with Gasteiger partial charge in [0.25, 0.3) is 0 Å². The highest BCUT2D eigenvalue weighted by atomic mass is 19.4. The molecular formula is C22H26F3N3O4. The SMILES string of the molecule is CN1C=CN(C(=O)CCC(=O)c2ccc3c(c2)CCNCC3)C=CC1.O=C(O)C(F)(F)F. The number of hydrogen-bond donors (Lipinski definition) is 2. The van der Waals surface area contributed by atoms with Crippen molar-refractivity contribution in [2.75, 3.05) is 26.7 Å². The summed E-state index contributed by atoms with van der Waals surface area (Å²) < 4.78 is 31.7. The fourth-order valence-corrected chi connectivity index (χ4v) is 3.13. The third-order valence-corrected chi connectivity index (χ3v) is 4.91. The van der Waals surface area contributed by atoms with Crippen LogP contribution in [0, 0.1) is 0 Å². The number of likely N-dealkylation sites (N-methyl/N-ethyl adjacent to an activating group) is 1. The summed E-state index contributed by atoms with van der Waals surface area (Å²) in [6, 6.07) is 5.97. The predicted octanol–water partition coefficient (Wildman–Crippen LogP) is 2.73. The minimum atomic E-state index is -5.08. The number of hydrogen-bond acceptors (Lipinski definition) is 5. The quantitative estimate of drug-likeness (QED) is 0.682. The number of carboxylic acids is 1. The number of halogens is 3. The monoisotopic (exact) mass is 453 g/mol. The van der Waals surface area contributed by atoms with Crippen LogP contribution in [0.3, 0.4) is 0 Å². The average molecular weight is 453 g/mol. The maximum Gasteiger partial charge on any atom is 0.490 e. The number of nitrogens with zero attached hydrogens (tertiary/aromatic N) is 2. The van der Waals surface area contributed by atoms with Crippen molar-refractivity contribution in [2.45, 2.75) is 31.9 Å². The van der Waals surface area contributed by atoms with Crippen molar-refractivity contribution >= 4 is 17.7 Å². The molecule has 0 fully saturated rings. The lowest BCUT2D eigenvalue weighted by Gasteiger charge is -2.13. The summed E-state index contributed by atoms with van der Waals surface area (Å²) in [5, 5.41) is 10.5. The molecule has 1 aromatic rings. The molecule has 1 aromatic carbocycles. The first-order valence-corrected chi connectivity index (χ1v) is 10.1. The van der Waals surface area contributed by atoms with Crippen molar-refractivity contribution in [3.8, 4) is 0 Å². The number of benzene rings is 1. The van der Waals surface area contributed by atoms with Crippen molar-refractivity contribution in [2.24, 2.45) is 0 Å². The molecule has 174 valence electrons. The number of alkyl halides is 3. The number of ketones is 1. The first-order valence-electron chi connectivity index (χ1n) is 10.1. The number of fused-ring (bicyclic) bond motifs is 1. The Morgan fingerprint density at radius 2 is 1.69 bits per heavy atom. The van der Waals surface area contributed by atoms with E-state index in [4.69, 9.17) is 9.90 Å². The zero-order valence-corrected chi connectivity index (χ0v) is 17.7. The summed E-state index contributed by atoms with van der Waals surface area (Å²) in [7, 11) is 1.95. The standard InChI is InChI=1S/C20H25N3O2.C2HF3O2/c1-22-11-2-12-23(14-13-22)20(25)6-5-19(24)18-4-3-16-7-9-21-10-8-17(16)15-18;3-2(4,5)1(6)7/h2-4,12-15,21H,5-11H2,1H3;(H,6,7). The number of amides is 1. The summed E-state index contributed by atoms with van der Waals surface area (Å²) >= 11 is 0. The molecule has 2 aliphatic heterocycles. The fourth-order valence-electron chi connectivity index (χ4n) is 3.13. The molecule has 7 nitrogen and oxygen atoms in total. The molecule has 0 saturated carbocycles. The highest BCUT2D eigenvalue weighted by Gasteiger charge is 2.38. The largest absolute Gasteiger partial charge is 0.490 e. The normalized spacial score (nSPS) is 15.8. The van der Waals surface area contributed by atoms with E-state index in [0.29, 0.717) is 0 Å². The third kappa shape index (κ3) is 7.84. The van der Waals surface area contributed by atoms with Crippen LogP contribution in [-0.4, -0.2) is 65.4 Å². The first kappa shape index (κ1) is 25.1. The molecule has 2 N–H and O–H groups in total. The van der Waals surface area contributed by atoms with Crippen molar-refractivity contribution in [3.63, 3.8) is 0 Å². The van der Waals surface area contributed by atoms with Crippen LogP contribution in [0.2, 0.25) is 0 Å². The molecule has 10 heteroatoms. The molecule has 0 unspecified atom stereocenters. The van der Waals surface area contributed by atoms with Crippen molar-refractivity contribution in [1.29, 1.82) is 0 Å². The van der Waals surface area contributed by atoms with Gasteiger partial charge in [-0.25, -0.2) is 4.79 Å². The molecule has 0 radical (unpaired) electrons. The predicted molar refractivity (Wildman–Crippen MR) is 112 cm³/mol. The number of carbonyl (C=O) groups is 3. The molecule has 0 spiro atoms. The lowest BCUT2D eigenvalue weighted by Crippen LogP contribution is -2.21. The van der Waals surface area contributed by atoms with E-state index in [1.54, 1.807) is 17.3 Å². The van der Waals surface area contributed by atoms with Gasteiger partial charge >= 0.3 is 12.1 Å². The van der Waals surface area contributed by atoms with Gasteiger partial charge in [0, 0.05) is 50.6 Å². The Bertz CT molecular complexity index is 897. The molecule has 2 aliphatic rings. The van der Waals surface area contributed by atoms with E-state index < -0.39 is 12.1 Å². The highest BCUT2D eigenvalue weighted by molar-refractivity contribution is 5.98. The van der Waals surface area contributed by atoms with Gasteiger partial charge in [0.2, 0.25) is 5.91 Å². The minimum Gasteiger partial charge on any atom is -0.475 e. The summed E-state index contributed by atoms with van der Waals surface area (Å²) in [5.41, 5.74) is 3.29. The zero-order valence-electron chi connectivity index (χ0n) is 17.7. The van der Waals surface area contributed by atoms with Crippen LogP contribution < -0.4 is 5.32 Å². The molecular weight excluding hydrogens is 427 g/mol. The molecule has 2 heterocycles. The van der Waals surface area contributed by atoms with Gasteiger partial charge < -0.3 is 15.3 Å².